The van der Waals surface area contributed by atoms with Crippen molar-refractivity contribution in [2.45, 2.75) is 18.9 Å². The predicted molar refractivity (Wildman–Crippen MR) is 66.7 cm³/mol. The third-order valence-electron chi connectivity index (χ3n) is 2.54. The topological polar surface area (TPSA) is 66.8 Å². The van der Waals surface area contributed by atoms with Gasteiger partial charge in [-0.05, 0) is 31.5 Å². The Balaban J connectivity index is 3.10. The Hall–Kier alpha value is -0.980. The third kappa shape index (κ3) is 3.28. The van der Waals surface area contributed by atoms with Crippen LogP contribution in [0.2, 0.25) is 0 Å². The third-order valence-corrected chi connectivity index (χ3v) is 3.04. The number of aliphatic carboxylic acids is 1. The van der Waals surface area contributed by atoms with Gasteiger partial charge < -0.3 is 14.9 Å². The highest BCUT2D eigenvalue weighted by atomic mass is 79.9. The molecule has 0 amide bonds. The van der Waals surface area contributed by atoms with Crippen LogP contribution in [0.5, 0.6) is 0 Å². The number of aliphatic hydroxyl groups is 1. The molecule has 0 heterocycles. The Morgan fingerprint density at radius 3 is 2.78 bits per heavy atom. The first-order valence-electron chi connectivity index (χ1n) is 5.35. The minimum atomic E-state index is -1.77. The van der Waals surface area contributed by atoms with Crippen LogP contribution >= 0.6 is 15.9 Å². The number of aliphatic hydroxyl groups excluding tert-OH is 1. The number of carboxylic acids is 1. The highest BCUT2D eigenvalue weighted by molar-refractivity contribution is 9.10. The molecular weight excluding hydrogens is 307 g/mol. The van der Waals surface area contributed by atoms with Crippen molar-refractivity contribution in [3.8, 4) is 0 Å². The highest BCUT2D eigenvalue weighted by Crippen LogP contribution is 2.30. The van der Waals surface area contributed by atoms with E-state index in [1.807, 2.05) is 0 Å². The van der Waals surface area contributed by atoms with Crippen LogP contribution in [0, 0.1) is 5.82 Å². The van der Waals surface area contributed by atoms with Crippen molar-refractivity contribution >= 4 is 21.9 Å². The maximum absolute atomic E-state index is 13.7. The van der Waals surface area contributed by atoms with E-state index in [9.17, 15) is 14.3 Å². The van der Waals surface area contributed by atoms with E-state index in [0.717, 1.165) is 0 Å². The molecular formula is C12H14BrFO4. The Morgan fingerprint density at radius 1 is 1.56 bits per heavy atom. The fraction of sp³-hybridized carbons (Fsp3) is 0.417. The molecule has 0 aliphatic heterocycles. The monoisotopic (exact) mass is 320 g/mol. The van der Waals surface area contributed by atoms with Gasteiger partial charge in [0.25, 0.3) is 0 Å². The van der Waals surface area contributed by atoms with Crippen LogP contribution < -0.4 is 0 Å². The molecule has 6 heteroatoms. The zero-order valence-corrected chi connectivity index (χ0v) is 11.4. The number of hydrogen-bond acceptors (Lipinski definition) is 3. The summed E-state index contributed by atoms with van der Waals surface area (Å²) in [6, 6.07) is 4.03. The van der Waals surface area contributed by atoms with Crippen LogP contribution in [0.1, 0.15) is 18.9 Å². The van der Waals surface area contributed by atoms with Crippen molar-refractivity contribution in [1.29, 1.82) is 0 Å². The number of ether oxygens (including phenoxy) is 1. The molecule has 1 atom stereocenters. The molecule has 0 spiro atoms. The molecule has 0 aromatic heterocycles. The first kappa shape index (κ1) is 15.1. The van der Waals surface area contributed by atoms with Crippen molar-refractivity contribution < 1.29 is 24.1 Å². The lowest BCUT2D eigenvalue weighted by Gasteiger charge is -2.26. The normalized spacial score (nSPS) is 14.2. The molecule has 0 bridgehead atoms. The van der Waals surface area contributed by atoms with Crippen molar-refractivity contribution in [3.63, 3.8) is 0 Å². The molecule has 2 N–H and O–H groups in total. The minimum absolute atomic E-state index is 0.0330. The van der Waals surface area contributed by atoms with Crippen molar-refractivity contribution in [2.75, 3.05) is 13.2 Å². The van der Waals surface area contributed by atoms with Gasteiger partial charge in [-0.15, -0.1) is 0 Å². The largest absolute Gasteiger partial charge is 0.479 e. The van der Waals surface area contributed by atoms with Crippen molar-refractivity contribution in [2.24, 2.45) is 0 Å². The summed E-state index contributed by atoms with van der Waals surface area (Å²) in [7, 11) is 0. The van der Waals surface area contributed by atoms with Crippen molar-refractivity contribution in [3.05, 3.63) is 34.1 Å². The Labute approximate surface area is 113 Å². The van der Waals surface area contributed by atoms with Gasteiger partial charge in [0.05, 0.1) is 6.61 Å². The van der Waals surface area contributed by atoms with Crippen LogP contribution in [0.15, 0.2) is 22.7 Å². The summed E-state index contributed by atoms with van der Waals surface area (Å²) in [5, 5.41) is 17.9. The lowest BCUT2D eigenvalue weighted by molar-refractivity contribution is -0.166. The molecule has 1 unspecified atom stereocenters. The van der Waals surface area contributed by atoms with E-state index in [1.54, 1.807) is 0 Å². The van der Waals surface area contributed by atoms with Gasteiger partial charge >= 0.3 is 5.97 Å². The summed E-state index contributed by atoms with van der Waals surface area (Å²) in [5.74, 6) is -1.93. The lowest BCUT2D eigenvalue weighted by Crippen LogP contribution is -2.37. The molecule has 0 aliphatic rings. The van der Waals surface area contributed by atoms with Gasteiger partial charge in [0.2, 0.25) is 0 Å². The molecule has 0 radical (unpaired) electrons. The summed E-state index contributed by atoms with van der Waals surface area (Å²) >= 11 is 3.16. The second-order valence-corrected chi connectivity index (χ2v) is 4.80. The van der Waals surface area contributed by atoms with Crippen molar-refractivity contribution in [1.82, 2.24) is 0 Å². The molecule has 1 aromatic rings. The number of halogens is 2. The summed E-state index contributed by atoms with van der Waals surface area (Å²) in [4.78, 5) is 11.3. The number of rotatable bonds is 6. The number of carboxylic acid groups (broad SMARTS) is 1. The Morgan fingerprint density at radius 2 is 2.22 bits per heavy atom. The lowest BCUT2D eigenvalue weighted by atomic mass is 9.95. The van der Waals surface area contributed by atoms with Gasteiger partial charge in [-0.25, -0.2) is 9.18 Å². The van der Waals surface area contributed by atoms with Gasteiger partial charge in [-0.2, -0.15) is 0 Å². The molecule has 1 rings (SSSR count). The van der Waals surface area contributed by atoms with Gasteiger partial charge in [0.1, 0.15) is 5.82 Å². The average molecular weight is 321 g/mol. The van der Waals surface area contributed by atoms with E-state index in [2.05, 4.69) is 15.9 Å². The molecule has 0 saturated heterocycles. The van der Waals surface area contributed by atoms with Gasteiger partial charge in [-0.1, -0.05) is 15.9 Å². The zero-order valence-electron chi connectivity index (χ0n) is 9.82. The summed E-state index contributed by atoms with van der Waals surface area (Å²) < 4.78 is 19.5. The second-order valence-electron chi connectivity index (χ2n) is 3.89. The molecule has 100 valence electrons. The summed E-state index contributed by atoms with van der Waals surface area (Å²) in [6.07, 6.45) is 0.290. The highest BCUT2D eigenvalue weighted by Gasteiger charge is 2.38. The SMILES string of the molecule is CC(OCCCO)(C(=O)O)c1cc(Br)ccc1F. The fourth-order valence-corrected chi connectivity index (χ4v) is 1.82. The second kappa shape index (κ2) is 6.26. The zero-order chi connectivity index (χ0) is 13.8. The summed E-state index contributed by atoms with van der Waals surface area (Å²) in [5.41, 5.74) is -1.83. The van der Waals surface area contributed by atoms with Gasteiger partial charge in [0.15, 0.2) is 5.60 Å². The van der Waals surface area contributed by atoms with Crippen LogP contribution in [-0.2, 0) is 15.1 Å². The standard InChI is InChI=1S/C12H14BrFO4/c1-12(11(16)17,18-6-2-5-15)9-7-8(13)3-4-10(9)14/h3-4,7,15H,2,5-6H2,1H3,(H,16,17). The number of hydrogen-bond donors (Lipinski definition) is 2. The average Bonchev–Trinajstić information content (AvgIpc) is 2.32. The van der Waals surface area contributed by atoms with E-state index in [0.29, 0.717) is 10.9 Å². The van der Waals surface area contributed by atoms with Crippen LogP contribution in [0.3, 0.4) is 0 Å². The summed E-state index contributed by atoms with van der Waals surface area (Å²) in [6.45, 7) is 1.21. The van der Waals surface area contributed by atoms with E-state index in [-0.39, 0.29) is 18.8 Å². The van der Waals surface area contributed by atoms with E-state index in [4.69, 9.17) is 9.84 Å². The van der Waals surface area contributed by atoms with Crippen LogP contribution in [0.4, 0.5) is 4.39 Å². The van der Waals surface area contributed by atoms with E-state index >= 15 is 0 Å². The predicted octanol–water partition coefficient (Wildman–Crippen LogP) is 2.29. The molecule has 18 heavy (non-hydrogen) atoms. The number of carbonyl (C=O) groups is 1. The Kier molecular flexibility index (Phi) is 5.25. The van der Waals surface area contributed by atoms with Crippen LogP contribution in [-0.4, -0.2) is 29.4 Å². The smallest absolute Gasteiger partial charge is 0.340 e. The van der Waals surface area contributed by atoms with E-state index < -0.39 is 17.4 Å². The van der Waals surface area contributed by atoms with E-state index in [1.165, 1.54) is 25.1 Å². The number of benzene rings is 1. The molecule has 0 fully saturated rings. The quantitative estimate of drug-likeness (QED) is 0.789. The maximum Gasteiger partial charge on any atom is 0.340 e. The minimum Gasteiger partial charge on any atom is -0.479 e. The fourth-order valence-electron chi connectivity index (χ4n) is 1.46. The van der Waals surface area contributed by atoms with Gasteiger partial charge in [-0.3, -0.25) is 0 Å². The Bertz CT molecular complexity index is 438. The molecule has 1 aromatic carbocycles. The maximum atomic E-state index is 13.7. The van der Waals surface area contributed by atoms with Gasteiger partial charge in [0, 0.05) is 16.6 Å². The first-order valence-corrected chi connectivity index (χ1v) is 6.15. The molecule has 0 saturated carbocycles. The van der Waals surface area contributed by atoms with Crippen LogP contribution in [0.25, 0.3) is 0 Å². The first-order chi connectivity index (χ1) is 8.41. The molecule has 0 aliphatic carbocycles. The molecule has 4 nitrogen and oxygen atoms in total.